The minimum absolute atomic E-state index is 0.132. The van der Waals surface area contributed by atoms with E-state index >= 15 is 0 Å². The Hall–Kier alpha value is -3.78. The van der Waals surface area contributed by atoms with E-state index in [0.29, 0.717) is 30.4 Å². The molecular weight excluding hydrogens is 614 g/mol. The number of hydrogen-bond acceptors (Lipinski definition) is 6. The van der Waals surface area contributed by atoms with Crippen LogP contribution in [0.5, 0.6) is 5.75 Å². The van der Waals surface area contributed by atoms with E-state index in [1.54, 1.807) is 30.9 Å². The van der Waals surface area contributed by atoms with Gasteiger partial charge in [0.05, 0.1) is 11.5 Å². The topological polar surface area (TPSA) is 117 Å². The van der Waals surface area contributed by atoms with Crippen LogP contribution in [-0.4, -0.2) is 88.6 Å². The molecule has 0 aromatic heterocycles. The Morgan fingerprint density at radius 3 is 2.33 bits per heavy atom. The van der Waals surface area contributed by atoms with Crippen molar-refractivity contribution >= 4 is 39.5 Å². The van der Waals surface area contributed by atoms with Crippen molar-refractivity contribution in [3.05, 3.63) is 58.1 Å². The van der Waals surface area contributed by atoms with Crippen molar-refractivity contribution in [2.24, 2.45) is 5.92 Å². The number of amides is 3. The first-order valence-electron chi connectivity index (χ1n) is 14.9. The molecule has 2 aromatic rings. The summed E-state index contributed by atoms with van der Waals surface area (Å²) in [5.41, 5.74) is 1.01. The fourth-order valence-electron chi connectivity index (χ4n) is 5.89. The molecule has 0 spiro atoms. The van der Waals surface area contributed by atoms with Crippen molar-refractivity contribution in [1.82, 2.24) is 14.7 Å². The largest absolute Gasteiger partial charge is 0.477 e. The maximum absolute atomic E-state index is 13.8. The summed E-state index contributed by atoms with van der Waals surface area (Å²) in [7, 11) is 0. The quantitative estimate of drug-likeness (QED) is 0.439. The first-order valence-corrected chi connectivity index (χ1v) is 15.7. The lowest BCUT2D eigenvalue weighted by molar-refractivity contribution is -0.147. The van der Waals surface area contributed by atoms with E-state index in [9.17, 15) is 24.8 Å². The third kappa shape index (κ3) is 7.24. The fraction of sp³-hybridized carbons (Fsp3) is 0.500. The fourth-order valence-corrected chi connectivity index (χ4v) is 6.16. The highest BCUT2D eigenvalue weighted by Gasteiger charge is 2.39. The van der Waals surface area contributed by atoms with Crippen LogP contribution in [0.4, 0.5) is 10.5 Å². The summed E-state index contributed by atoms with van der Waals surface area (Å²) in [5.74, 6) is 0.106. The van der Waals surface area contributed by atoms with Gasteiger partial charge in [-0.25, -0.2) is 4.79 Å². The van der Waals surface area contributed by atoms with Crippen molar-refractivity contribution in [2.75, 3.05) is 44.2 Å². The Morgan fingerprint density at radius 2 is 1.70 bits per heavy atom. The molecule has 10 nitrogen and oxygen atoms in total. The zero-order valence-corrected chi connectivity index (χ0v) is 26.3. The van der Waals surface area contributed by atoms with Gasteiger partial charge in [-0.1, -0.05) is 28.1 Å². The Balaban J connectivity index is 1.27. The number of nitrogens with zero attached hydrogens (tertiary/aromatic N) is 5. The first-order chi connectivity index (χ1) is 20.6. The molecule has 1 aliphatic carbocycles. The molecule has 1 atom stereocenters. The summed E-state index contributed by atoms with van der Waals surface area (Å²) in [4.78, 5) is 45.6. The lowest BCUT2D eigenvalue weighted by Crippen LogP contribution is -2.56. The zero-order chi connectivity index (χ0) is 30.7. The molecule has 11 heteroatoms. The molecule has 5 rings (SSSR count). The normalized spacial score (nSPS) is 19.0. The van der Waals surface area contributed by atoms with Gasteiger partial charge in [-0.3, -0.25) is 9.59 Å². The van der Waals surface area contributed by atoms with Gasteiger partial charge in [-0.2, -0.15) is 5.26 Å². The summed E-state index contributed by atoms with van der Waals surface area (Å²) in [6, 6.07) is 16.0. The average Bonchev–Trinajstić information content (AvgIpc) is 3.85. The van der Waals surface area contributed by atoms with Gasteiger partial charge in [-0.05, 0) is 69.4 Å². The van der Waals surface area contributed by atoms with Crippen LogP contribution in [0.3, 0.4) is 0 Å². The molecule has 43 heavy (non-hydrogen) atoms. The number of carbonyl (C=O) groups excluding carboxylic acids is 2. The smallest absolute Gasteiger partial charge is 0.407 e. The lowest BCUT2D eigenvalue weighted by Gasteiger charge is -2.38. The first kappa shape index (κ1) is 30.7. The lowest BCUT2D eigenvalue weighted by atomic mass is 9.95. The second-order valence-electron chi connectivity index (χ2n) is 12.1. The van der Waals surface area contributed by atoms with Crippen LogP contribution < -0.4 is 9.64 Å². The highest BCUT2D eigenvalue weighted by molar-refractivity contribution is 9.10. The summed E-state index contributed by atoms with van der Waals surface area (Å²) < 4.78 is 7.24. The van der Waals surface area contributed by atoms with Crippen LogP contribution in [0.1, 0.15) is 50.7 Å². The number of piperidine rings is 1. The number of piperazine rings is 1. The van der Waals surface area contributed by atoms with Crippen LogP contribution in [0.2, 0.25) is 0 Å². The molecule has 1 unspecified atom stereocenters. The van der Waals surface area contributed by atoms with E-state index in [1.807, 2.05) is 18.2 Å². The molecule has 1 saturated carbocycles. The minimum Gasteiger partial charge on any atom is -0.477 e. The molecule has 3 amide bonds. The number of rotatable bonds is 8. The Bertz CT molecular complexity index is 1400. The van der Waals surface area contributed by atoms with Crippen LogP contribution >= 0.6 is 15.9 Å². The number of ether oxygens (including phenoxy) is 1. The van der Waals surface area contributed by atoms with Crippen molar-refractivity contribution in [3.63, 3.8) is 0 Å². The number of hydrogen-bond donors (Lipinski definition) is 1. The molecule has 228 valence electrons. The summed E-state index contributed by atoms with van der Waals surface area (Å²) >= 11 is 3.48. The molecule has 2 aromatic carbocycles. The molecule has 0 radical (unpaired) electrons. The van der Waals surface area contributed by atoms with Crippen LogP contribution in [0, 0.1) is 17.2 Å². The number of anilines is 1. The highest BCUT2D eigenvalue weighted by Crippen LogP contribution is 2.35. The second-order valence-corrected chi connectivity index (χ2v) is 13.0. The Morgan fingerprint density at radius 1 is 1.02 bits per heavy atom. The molecule has 0 bridgehead atoms. The SMILES string of the molecule is CC(C)(Oc1cc(N2CCCC(C(=O)N(Cc3ccc(Br)cc3)C3CC3)C2)ccc1C#N)C(=O)N1CCN(C(=O)O)CC1. The monoisotopic (exact) mass is 651 g/mol. The van der Waals surface area contributed by atoms with Gasteiger partial charge in [0.15, 0.2) is 5.60 Å². The van der Waals surface area contributed by atoms with Gasteiger partial charge >= 0.3 is 6.09 Å². The number of carboxylic acid groups (broad SMARTS) is 1. The molecule has 3 fully saturated rings. The van der Waals surface area contributed by atoms with Crippen molar-refractivity contribution in [1.29, 1.82) is 5.26 Å². The number of nitriles is 1. The van der Waals surface area contributed by atoms with E-state index in [-0.39, 0.29) is 43.9 Å². The van der Waals surface area contributed by atoms with Crippen molar-refractivity contribution in [3.8, 4) is 11.8 Å². The van der Waals surface area contributed by atoms with Crippen molar-refractivity contribution < 1.29 is 24.2 Å². The molecular formula is C32H38BrN5O5. The van der Waals surface area contributed by atoms with Crippen LogP contribution in [-0.2, 0) is 16.1 Å². The third-order valence-corrected chi connectivity index (χ3v) is 9.00. The zero-order valence-electron chi connectivity index (χ0n) is 24.7. The third-order valence-electron chi connectivity index (χ3n) is 8.48. The van der Waals surface area contributed by atoms with Gasteiger partial charge in [0.2, 0.25) is 5.91 Å². The number of halogens is 1. The van der Waals surface area contributed by atoms with Crippen molar-refractivity contribution in [2.45, 2.75) is 57.7 Å². The van der Waals surface area contributed by atoms with E-state index in [4.69, 9.17) is 4.74 Å². The van der Waals surface area contributed by atoms with Gasteiger partial charge in [-0.15, -0.1) is 0 Å². The van der Waals surface area contributed by atoms with Gasteiger partial charge < -0.3 is 29.4 Å². The second kappa shape index (κ2) is 12.8. The number of benzene rings is 2. The van der Waals surface area contributed by atoms with E-state index < -0.39 is 11.7 Å². The minimum atomic E-state index is -1.27. The molecule has 2 aliphatic heterocycles. The molecule has 2 saturated heterocycles. The summed E-state index contributed by atoms with van der Waals surface area (Å²) in [6.07, 6.45) is 2.78. The molecule has 2 heterocycles. The van der Waals surface area contributed by atoms with Gasteiger partial charge in [0, 0.05) is 68.1 Å². The molecule has 1 N–H and O–H groups in total. The summed E-state index contributed by atoms with van der Waals surface area (Å²) in [6.45, 7) is 6.35. The van der Waals surface area contributed by atoms with Gasteiger partial charge in [0.1, 0.15) is 11.8 Å². The van der Waals surface area contributed by atoms with Crippen LogP contribution in [0.15, 0.2) is 46.9 Å². The predicted molar refractivity (Wildman–Crippen MR) is 165 cm³/mol. The Kier molecular flexibility index (Phi) is 9.16. The highest BCUT2D eigenvalue weighted by atomic mass is 79.9. The maximum Gasteiger partial charge on any atom is 0.407 e. The van der Waals surface area contributed by atoms with Crippen LogP contribution in [0.25, 0.3) is 0 Å². The standard InChI is InChI=1S/C32H38BrN5O5/c1-32(2,30(40)35-14-16-36(17-15-35)31(41)42)43-28-18-27(10-7-23(28)19-34)37-13-3-4-24(21-37)29(39)38(26-11-12-26)20-22-5-8-25(33)9-6-22/h5-10,18,24,26H,3-4,11-17,20-21H2,1-2H3,(H,41,42). The Labute approximate surface area is 260 Å². The number of carbonyl (C=O) groups is 3. The molecule has 3 aliphatic rings. The van der Waals surface area contributed by atoms with Gasteiger partial charge in [0.25, 0.3) is 5.91 Å². The summed E-state index contributed by atoms with van der Waals surface area (Å²) in [5, 5.41) is 19.0. The van der Waals surface area contributed by atoms with E-state index in [2.05, 4.69) is 43.9 Å². The van der Waals surface area contributed by atoms with E-state index in [1.165, 1.54) is 4.90 Å². The average molecular weight is 653 g/mol. The van der Waals surface area contributed by atoms with E-state index in [0.717, 1.165) is 48.0 Å². The maximum atomic E-state index is 13.8. The predicted octanol–water partition coefficient (Wildman–Crippen LogP) is 4.71.